The molecule has 2 aromatic heterocycles. The van der Waals surface area contributed by atoms with Gasteiger partial charge in [0.25, 0.3) is 0 Å². The lowest BCUT2D eigenvalue weighted by Crippen LogP contribution is -2.36. The number of hydrogen-bond donors (Lipinski definition) is 0. The molecule has 0 aliphatic heterocycles. The number of benzene rings is 4. The zero-order chi connectivity index (χ0) is 32.2. The van der Waals surface area contributed by atoms with Gasteiger partial charge >= 0.3 is 0 Å². The van der Waals surface area contributed by atoms with Crippen LogP contribution < -0.4 is 0 Å². The summed E-state index contributed by atoms with van der Waals surface area (Å²) in [5.74, 6) is 0.794. The summed E-state index contributed by atoms with van der Waals surface area (Å²) in [7, 11) is 0. The summed E-state index contributed by atoms with van der Waals surface area (Å²) in [6.45, 7) is 7.39. The predicted octanol–water partition coefficient (Wildman–Crippen LogP) is 11.4. The van der Waals surface area contributed by atoms with Crippen LogP contribution >= 0.6 is 0 Å². The van der Waals surface area contributed by atoms with Crippen LogP contribution in [0.2, 0.25) is 0 Å². The first-order valence-corrected chi connectivity index (χ1v) is 17.5. The van der Waals surface area contributed by atoms with Crippen molar-refractivity contribution in [1.29, 1.82) is 0 Å². The van der Waals surface area contributed by atoms with Crippen molar-refractivity contribution in [2.75, 3.05) is 0 Å². The highest BCUT2D eigenvalue weighted by Gasteiger charge is 2.59. The van der Waals surface area contributed by atoms with E-state index in [1.54, 1.807) is 0 Å². The maximum Gasteiger partial charge on any atom is 0.246 e. The molecule has 0 N–H and O–H groups in total. The Bertz CT molecular complexity index is 2450. The second-order valence-corrected chi connectivity index (χ2v) is 15.0. The highest BCUT2D eigenvalue weighted by Crippen LogP contribution is 2.67. The number of rotatable bonds is 2. The molecule has 0 amide bonds. The van der Waals surface area contributed by atoms with Crippen molar-refractivity contribution in [2.45, 2.75) is 46.0 Å². The average molecular weight is 623 g/mol. The van der Waals surface area contributed by atoms with Gasteiger partial charge in [-0.15, -0.1) is 0 Å². The monoisotopic (exact) mass is 622 g/mol. The Morgan fingerprint density at radius 1 is 0.812 bits per heavy atom. The molecule has 6 aromatic rings. The fraction of sp³-hybridized carbons (Fsp3) is 0.244. The van der Waals surface area contributed by atoms with Crippen molar-refractivity contribution in [2.24, 2.45) is 22.7 Å². The molecule has 4 atom stereocenters. The maximum atomic E-state index is 6.45. The molecule has 0 bridgehead atoms. The molecule has 0 radical (unpaired) electrons. The molecule has 3 heteroatoms. The van der Waals surface area contributed by atoms with Crippen molar-refractivity contribution >= 4 is 38.5 Å². The smallest absolute Gasteiger partial charge is 0.246 e. The number of aromatic nitrogens is 2. The lowest BCUT2D eigenvalue weighted by atomic mass is 9.62. The average Bonchev–Trinajstić information content (AvgIpc) is 3.50. The van der Waals surface area contributed by atoms with Gasteiger partial charge in [-0.2, -0.15) is 0 Å². The lowest BCUT2D eigenvalue weighted by Gasteiger charge is -2.42. The molecule has 3 nitrogen and oxygen atoms in total. The molecule has 4 aliphatic rings. The summed E-state index contributed by atoms with van der Waals surface area (Å²) in [6, 6.07) is 30.8. The molecule has 1 saturated carbocycles. The molecule has 234 valence electrons. The minimum Gasteiger partial charge on any atom is -0.436 e. The van der Waals surface area contributed by atoms with Gasteiger partial charge in [0.1, 0.15) is 11.1 Å². The van der Waals surface area contributed by atoms with Crippen molar-refractivity contribution in [3.63, 3.8) is 0 Å². The molecule has 2 heterocycles. The topological polar surface area (TPSA) is 38.9 Å². The molecular formula is C45H38N2O. The van der Waals surface area contributed by atoms with Crippen LogP contribution in [-0.2, 0) is 6.42 Å². The van der Waals surface area contributed by atoms with E-state index >= 15 is 0 Å². The summed E-state index contributed by atoms with van der Waals surface area (Å²) in [5, 5.41) is 3.60. The van der Waals surface area contributed by atoms with Crippen LogP contribution in [-0.4, -0.2) is 9.97 Å². The van der Waals surface area contributed by atoms with Gasteiger partial charge in [0.2, 0.25) is 5.71 Å². The molecule has 0 spiro atoms. The van der Waals surface area contributed by atoms with Gasteiger partial charge in [0.15, 0.2) is 0 Å². The summed E-state index contributed by atoms with van der Waals surface area (Å²) in [5.41, 5.74) is 12.6. The molecule has 4 unspecified atom stereocenters. The zero-order valence-corrected chi connectivity index (χ0v) is 27.7. The van der Waals surface area contributed by atoms with E-state index in [0.29, 0.717) is 17.5 Å². The van der Waals surface area contributed by atoms with Gasteiger partial charge in [-0.25, -0.2) is 9.97 Å². The van der Waals surface area contributed by atoms with Gasteiger partial charge in [0.05, 0.1) is 11.4 Å². The number of fused-ring (bicyclic) bond motifs is 10. The fourth-order valence-electron chi connectivity index (χ4n) is 9.67. The second kappa shape index (κ2) is 10.00. The summed E-state index contributed by atoms with van der Waals surface area (Å²) < 4.78 is 6.45. The normalized spacial score (nSPS) is 25.3. The summed E-state index contributed by atoms with van der Waals surface area (Å²) >= 11 is 0. The van der Waals surface area contributed by atoms with E-state index in [4.69, 9.17) is 14.4 Å². The van der Waals surface area contributed by atoms with E-state index in [9.17, 15) is 0 Å². The van der Waals surface area contributed by atoms with E-state index in [1.165, 1.54) is 44.2 Å². The number of allylic oxidation sites excluding steroid dienone is 8. The summed E-state index contributed by atoms with van der Waals surface area (Å²) in [6.07, 6.45) is 17.1. The fourth-order valence-corrected chi connectivity index (χ4v) is 9.67. The Balaban J connectivity index is 1.25. The van der Waals surface area contributed by atoms with Crippen LogP contribution in [0.3, 0.4) is 0 Å². The van der Waals surface area contributed by atoms with Crippen LogP contribution in [0.4, 0.5) is 0 Å². The first-order chi connectivity index (χ1) is 23.4. The van der Waals surface area contributed by atoms with Gasteiger partial charge in [-0.3, -0.25) is 0 Å². The number of furan rings is 1. The molecule has 10 rings (SSSR count). The number of nitrogens with zero attached hydrogens (tertiary/aromatic N) is 2. The third-order valence-electron chi connectivity index (χ3n) is 12.6. The molecule has 1 fully saturated rings. The Hall–Kier alpha value is -5.02. The largest absolute Gasteiger partial charge is 0.436 e. The van der Waals surface area contributed by atoms with E-state index in [0.717, 1.165) is 47.1 Å². The number of aryl methyl sites for hydroxylation is 1. The van der Waals surface area contributed by atoms with Crippen molar-refractivity contribution in [3.05, 3.63) is 149 Å². The minimum absolute atomic E-state index is 0.0225. The zero-order valence-electron chi connectivity index (χ0n) is 27.7. The van der Waals surface area contributed by atoms with E-state index in [2.05, 4.69) is 130 Å². The highest BCUT2D eigenvalue weighted by molar-refractivity contribution is 6.01. The number of hydrogen-bond acceptors (Lipinski definition) is 3. The van der Waals surface area contributed by atoms with Crippen LogP contribution in [0.25, 0.3) is 49.7 Å². The van der Waals surface area contributed by atoms with E-state index in [-0.39, 0.29) is 16.7 Å². The minimum atomic E-state index is 0.0225. The Morgan fingerprint density at radius 3 is 2.50 bits per heavy atom. The van der Waals surface area contributed by atoms with Crippen LogP contribution in [0.1, 0.15) is 62.0 Å². The molecule has 48 heavy (non-hydrogen) atoms. The molecule has 4 aliphatic carbocycles. The van der Waals surface area contributed by atoms with Gasteiger partial charge in [-0.05, 0) is 87.4 Å². The number of para-hydroxylation sites is 1. The molecule has 0 saturated heterocycles. The Labute approximate surface area is 281 Å². The van der Waals surface area contributed by atoms with Crippen molar-refractivity contribution < 1.29 is 4.42 Å². The van der Waals surface area contributed by atoms with Crippen molar-refractivity contribution in [1.82, 2.24) is 9.97 Å². The predicted molar refractivity (Wildman–Crippen MR) is 197 cm³/mol. The van der Waals surface area contributed by atoms with Gasteiger partial charge < -0.3 is 4.42 Å². The molecular weight excluding hydrogens is 585 g/mol. The second-order valence-electron chi connectivity index (χ2n) is 15.0. The third kappa shape index (κ3) is 3.76. The molecule has 4 aromatic carbocycles. The highest BCUT2D eigenvalue weighted by atomic mass is 16.3. The van der Waals surface area contributed by atoms with Gasteiger partial charge in [0, 0.05) is 28.2 Å². The quantitative estimate of drug-likeness (QED) is 0.193. The maximum absolute atomic E-state index is 6.45. The Morgan fingerprint density at radius 2 is 1.60 bits per heavy atom. The van der Waals surface area contributed by atoms with Crippen LogP contribution in [0.15, 0.2) is 131 Å². The standard InChI is InChI=1S/C45H38N2O/c1-44(2)36-20-12-18-34(39(36)37-19-10-11-24-45(37,44)3)41-40(46-42-33-17-8-9-21-38(33)48-43(42)47-41)32-23-22-29-25-27-13-4-5-14-28(27)26-35(29)31-16-7-6-15-30(31)32/h4-19,21,24-26,32,36-37H,20,22-23H2,1-3H3. The van der Waals surface area contributed by atoms with E-state index in [1.807, 2.05) is 12.1 Å². The summed E-state index contributed by atoms with van der Waals surface area (Å²) in [4.78, 5) is 11.1. The Kier molecular flexibility index (Phi) is 5.84. The van der Waals surface area contributed by atoms with E-state index < -0.39 is 0 Å². The first-order valence-electron chi connectivity index (χ1n) is 17.5. The van der Waals surface area contributed by atoms with Crippen LogP contribution in [0.5, 0.6) is 0 Å². The third-order valence-corrected chi connectivity index (χ3v) is 12.6. The van der Waals surface area contributed by atoms with Gasteiger partial charge in [-0.1, -0.05) is 124 Å². The van der Waals surface area contributed by atoms with Crippen LogP contribution in [0, 0.1) is 22.7 Å². The SMILES string of the molecule is CC1(C)C2CC=CC(c3nc4oc5ccccc5c4nc3C3CCc4cc5ccccc5cc4-c4ccccc43)=C2C2C=CC=CC21C. The van der Waals surface area contributed by atoms with Crippen molar-refractivity contribution in [3.8, 4) is 11.1 Å². The first kappa shape index (κ1) is 28.0. The lowest BCUT2D eigenvalue weighted by molar-refractivity contribution is 0.121.